The molecule has 0 heterocycles. The van der Waals surface area contributed by atoms with E-state index >= 15 is 0 Å². The minimum Gasteiger partial charge on any atom is -0.393 e. The number of rotatable bonds is 6. The van der Waals surface area contributed by atoms with Crippen LogP contribution in [0.1, 0.15) is 25.7 Å². The highest BCUT2D eigenvalue weighted by Crippen LogP contribution is 2.04. The molecule has 0 atom stereocenters. The van der Waals surface area contributed by atoms with E-state index in [1.165, 1.54) is 0 Å². The molecule has 0 aliphatic rings. The first-order valence-electron chi connectivity index (χ1n) is 3.61. The SMILES string of the molecule is OC(CCCF)CCCF. The van der Waals surface area contributed by atoms with Crippen molar-refractivity contribution in [2.75, 3.05) is 13.3 Å². The maximum absolute atomic E-state index is 11.5. The highest BCUT2D eigenvalue weighted by molar-refractivity contribution is 4.54. The summed E-state index contributed by atoms with van der Waals surface area (Å²) in [6, 6.07) is 0. The Labute approximate surface area is 60.1 Å². The van der Waals surface area contributed by atoms with E-state index in [-0.39, 0.29) is 0 Å². The molecule has 0 saturated carbocycles. The van der Waals surface area contributed by atoms with E-state index in [1.54, 1.807) is 0 Å². The second kappa shape index (κ2) is 6.93. The monoisotopic (exact) mass is 152 g/mol. The van der Waals surface area contributed by atoms with Gasteiger partial charge in [-0.2, -0.15) is 0 Å². The summed E-state index contributed by atoms with van der Waals surface area (Å²) in [5.74, 6) is 0. The van der Waals surface area contributed by atoms with Crippen molar-refractivity contribution in [3.63, 3.8) is 0 Å². The standard InChI is InChI=1S/C7H14F2O/c8-5-1-3-7(10)4-2-6-9/h7,10H,1-6H2. The second-order valence-corrected chi connectivity index (χ2v) is 2.32. The summed E-state index contributed by atoms with van der Waals surface area (Å²) >= 11 is 0. The number of aliphatic hydroxyl groups is 1. The van der Waals surface area contributed by atoms with Crippen molar-refractivity contribution in [2.24, 2.45) is 0 Å². The minimum absolute atomic E-state index is 0.382. The largest absolute Gasteiger partial charge is 0.393 e. The number of aliphatic hydroxyl groups excluding tert-OH is 1. The van der Waals surface area contributed by atoms with E-state index in [1.807, 2.05) is 0 Å². The maximum atomic E-state index is 11.5. The van der Waals surface area contributed by atoms with Gasteiger partial charge < -0.3 is 5.11 Å². The Morgan fingerprint density at radius 1 is 1.00 bits per heavy atom. The average molecular weight is 152 g/mol. The van der Waals surface area contributed by atoms with Gasteiger partial charge in [0.25, 0.3) is 0 Å². The average Bonchev–Trinajstić information content (AvgIpc) is 1.97. The van der Waals surface area contributed by atoms with Crippen molar-refractivity contribution in [2.45, 2.75) is 31.8 Å². The molecule has 0 aromatic heterocycles. The Kier molecular flexibility index (Phi) is 6.81. The van der Waals surface area contributed by atoms with E-state index < -0.39 is 19.5 Å². The zero-order valence-electron chi connectivity index (χ0n) is 6.02. The molecule has 0 unspecified atom stereocenters. The zero-order valence-corrected chi connectivity index (χ0v) is 6.02. The maximum Gasteiger partial charge on any atom is 0.0895 e. The van der Waals surface area contributed by atoms with Gasteiger partial charge in [0, 0.05) is 0 Å². The zero-order chi connectivity index (χ0) is 7.82. The van der Waals surface area contributed by atoms with Crippen LogP contribution in [-0.4, -0.2) is 24.6 Å². The third kappa shape index (κ3) is 5.95. The predicted octanol–water partition coefficient (Wildman–Crippen LogP) is 1.85. The molecule has 3 heteroatoms. The lowest BCUT2D eigenvalue weighted by Gasteiger charge is -2.06. The van der Waals surface area contributed by atoms with Crippen LogP contribution in [0.25, 0.3) is 0 Å². The third-order valence-corrected chi connectivity index (χ3v) is 1.34. The Hall–Kier alpha value is -0.180. The third-order valence-electron chi connectivity index (χ3n) is 1.34. The van der Waals surface area contributed by atoms with Crippen LogP contribution in [0.3, 0.4) is 0 Å². The summed E-state index contributed by atoms with van der Waals surface area (Å²) in [5, 5.41) is 8.98. The minimum atomic E-state index is -0.508. The summed E-state index contributed by atoms with van der Waals surface area (Å²) in [6.45, 7) is -0.792. The van der Waals surface area contributed by atoms with E-state index in [0.717, 1.165) is 0 Å². The van der Waals surface area contributed by atoms with Crippen molar-refractivity contribution in [1.82, 2.24) is 0 Å². The van der Waals surface area contributed by atoms with Crippen molar-refractivity contribution < 1.29 is 13.9 Å². The fraction of sp³-hybridized carbons (Fsp3) is 1.00. The van der Waals surface area contributed by atoms with Crippen LogP contribution in [-0.2, 0) is 0 Å². The predicted molar refractivity (Wildman–Crippen MR) is 36.4 cm³/mol. The van der Waals surface area contributed by atoms with Gasteiger partial charge in [0.2, 0.25) is 0 Å². The molecule has 0 aliphatic carbocycles. The highest BCUT2D eigenvalue weighted by atomic mass is 19.1. The molecule has 0 aromatic carbocycles. The number of hydrogen-bond donors (Lipinski definition) is 1. The molecule has 0 fully saturated rings. The Morgan fingerprint density at radius 2 is 1.40 bits per heavy atom. The molecule has 1 N–H and O–H groups in total. The first kappa shape index (κ1) is 9.82. The molecule has 0 saturated heterocycles. The second-order valence-electron chi connectivity index (χ2n) is 2.32. The molecule has 0 aromatic rings. The topological polar surface area (TPSA) is 20.2 Å². The number of alkyl halides is 2. The normalized spacial score (nSPS) is 10.8. The molecule has 0 bridgehead atoms. The molecule has 0 aliphatic heterocycles. The first-order valence-corrected chi connectivity index (χ1v) is 3.61. The van der Waals surface area contributed by atoms with E-state index in [9.17, 15) is 8.78 Å². The fourth-order valence-corrected chi connectivity index (χ4v) is 0.770. The summed E-state index contributed by atoms with van der Waals surface area (Å²) < 4.78 is 23.0. The lowest BCUT2D eigenvalue weighted by Crippen LogP contribution is -2.06. The van der Waals surface area contributed by atoms with Crippen LogP contribution < -0.4 is 0 Å². The van der Waals surface area contributed by atoms with Gasteiger partial charge in [-0.3, -0.25) is 8.78 Å². The van der Waals surface area contributed by atoms with Gasteiger partial charge in [0.1, 0.15) is 0 Å². The summed E-state index contributed by atoms with van der Waals surface area (Å²) in [6.07, 6.45) is 1.17. The van der Waals surface area contributed by atoms with Crippen LogP contribution in [0.2, 0.25) is 0 Å². The van der Waals surface area contributed by atoms with Gasteiger partial charge in [-0.1, -0.05) is 0 Å². The Bertz CT molecular complexity index is 60.6. The Morgan fingerprint density at radius 3 is 1.70 bits per heavy atom. The summed E-state index contributed by atoms with van der Waals surface area (Å²) in [5.41, 5.74) is 0. The van der Waals surface area contributed by atoms with E-state index in [4.69, 9.17) is 5.11 Å². The lowest BCUT2D eigenvalue weighted by atomic mass is 10.1. The summed E-state index contributed by atoms with van der Waals surface area (Å²) in [4.78, 5) is 0. The van der Waals surface area contributed by atoms with Crippen molar-refractivity contribution >= 4 is 0 Å². The molecule has 1 nitrogen and oxygen atoms in total. The molecule has 0 amide bonds. The van der Waals surface area contributed by atoms with Crippen LogP contribution in [0.15, 0.2) is 0 Å². The van der Waals surface area contributed by atoms with Crippen molar-refractivity contribution in [3.8, 4) is 0 Å². The van der Waals surface area contributed by atoms with Gasteiger partial charge in [-0.15, -0.1) is 0 Å². The van der Waals surface area contributed by atoms with Crippen LogP contribution in [0.4, 0.5) is 8.78 Å². The van der Waals surface area contributed by atoms with Crippen molar-refractivity contribution in [1.29, 1.82) is 0 Å². The lowest BCUT2D eigenvalue weighted by molar-refractivity contribution is 0.143. The highest BCUT2D eigenvalue weighted by Gasteiger charge is 2.02. The first-order chi connectivity index (χ1) is 4.81. The quantitative estimate of drug-likeness (QED) is 0.615. The molecule has 10 heavy (non-hydrogen) atoms. The van der Waals surface area contributed by atoms with Gasteiger partial charge in [0.05, 0.1) is 19.5 Å². The van der Waals surface area contributed by atoms with Gasteiger partial charge in [-0.25, -0.2) is 0 Å². The Balaban J connectivity index is 3.00. The fourth-order valence-electron chi connectivity index (χ4n) is 0.770. The van der Waals surface area contributed by atoms with Crippen LogP contribution in [0, 0.1) is 0 Å². The van der Waals surface area contributed by atoms with Gasteiger partial charge >= 0.3 is 0 Å². The number of halogens is 2. The van der Waals surface area contributed by atoms with E-state index in [2.05, 4.69) is 0 Å². The molecule has 0 radical (unpaired) electrons. The molecular weight excluding hydrogens is 138 g/mol. The smallest absolute Gasteiger partial charge is 0.0895 e. The molecule has 62 valence electrons. The van der Waals surface area contributed by atoms with Gasteiger partial charge in [0.15, 0.2) is 0 Å². The molecular formula is C7H14F2O. The van der Waals surface area contributed by atoms with Crippen molar-refractivity contribution in [3.05, 3.63) is 0 Å². The van der Waals surface area contributed by atoms with Gasteiger partial charge in [-0.05, 0) is 25.7 Å². The summed E-state index contributed by atoms with van der Waals surface area (Å²) in [7, 11) is 0. The van der Waals surface area contributed by atoms with E-state index in [0.29, 0.717) is 25.7 Å². The van der Waals surface area contributed by atoms with Crippen LogP contribution >= 0.6 is 0 Å². The molecule has 0 rings (SSSR count). The van der Waals surface area contributed by atoms with Crippen LogP contribution in [0.5, 0.6) is 0 Å². The molecule has 0 spiro atoms. The number of hydrogen-bond acceptors (Lipinski definition) is 1.